The predicted octanol–water partition coefficient (Wildman–Crippen LogP) is 0.361. The van der Waals surface area contributed by atoms with E-state index in [1.54, 1.807) is 0 Å². The van der Waals surface area contributed by atoms with E-state index in [2.05, 4.69) is 4.52 Å². The van der Waals surface area contributed by atoms with Crippen LogP contribution in [0.2, 0.25) is 0 Å². The lowest BCUT2D eigenvalue weighted by Crippen LogP contribution is -2.01. The largest absolute Gasteiger partial charge is 0.469 e. The zero-order valence-electron chi connectivity index (χ0n) is 4.20. The van der Waals surface area contributed by atoms with Crippen molar-refractivity contribution in [1.82, 2.24) is 0 Å². The predicted molar refractivity (Wildman–Crippen MR) is 24.0 cm³/mol. The van der Waals surface area contributed by atoms with Crippen LogP contribution in [0.1, 0.15) is 0 Å². The van der Waals surface area contributed by atoms with E-state index < -0.39 is 20.9 Å². The van der Waals surface area contributed by atoms with Crippen LogP contribution in [0.15, 0.2) is 0 Å². The van der Waals surface area contributed by atoms with Gasteiger partial charge in [0.2, 0.25) is 0 Å². The minimum absolute atomic E-state index is 1.23. The molecular formula is C2H5F2O4P. The smallest absolute Gasteiger partial charge is 0.303 e. The molecule has 7 heteroatoms. The van der Waals surface area contributed by atoms with Crippen LogP contribution in [0.5, 0.6) is 0 Å². The molecule has 0 atom stereocenters. The van der Waals surface area contributed by atoms with Gasteiger partial charge in [0.25, 0.3) is 6.43 Å². The Labute approximate surface area is 49.7 Å². The summed E-state index contributed by atoms with van der Waals surface area (Å²) in [4.78, 5) is 15.6. The van der Waals surface area contributed by atoms with E-state index >= 15 is 0 Å². The average Bonchev–Trinajstić information content (AvgIpc) is 1.59. The van der Waals surface area contributed by atoms with Crippen LogP contribution in [-0.4, -0.2) is 22.8 Å². The molecule has 0 heterocycles. The molecule has 0 fully saturated rings. The van der Waals surface area contributed by atoms with Crippen molar-refractivity contribution in [2.45, 2.75) is 6.43 Å². The Morgan fingerprint density at radius 3 is 2.11 bits per heavy atom. The molecule has 0 aliphatic heterocycles. The first-order valence-electron chi connectivity index (χ1n) is 1.90. The van der Waals surface area contributed by atoms with Crippen molar-refractivity contribution in [3.63, 3.8) is 0 Å². The Morgan fingerprint density at radius 1 is 1.56 bits per heavy atom. The zero-order chi connectivity index (χ0) is 7.49. The van der Waals surface area contributed by atoms with Gasteiger partial charge in [-0.25, -0.2) is 13.3 Å². The van der Waals surface area contributed by atoms with Gasteiger partial charge in [0.15, 0.2) is 0 Å². The van der Waals surface area contributed by atoms with E-state index in [0.717, 1.165) is 0 Å². The summed E-state index contributed by atoms with van der Waals surface area (Å²) < 4.78 is 35.3. The Balaban J connectivity index is 3.40. The van der Waals surface area contributed by atoms with Gasteiger partial charge in [-0.3, -0.25) is 4.52 Å². The van der Waals surface area contributed by atoms with Crippen LogP contribution in [0.3, 0.4) is 0 Å². The lowest BCUT2D eigenvalue weighted by atomic mass is 10.8. The second kappa shape index (κ2) is 3.22. The maximum atomic E-state index is 11.1. The van der Waals surface area contributed by atoms with Gasteiger partial charge in [0, 0.05) is 0 Å². The monoisotopic (exact) mass is 162 g/mol. The van der Waals surface area contributed by atoms with Crippen LogP contribution in [0, 0.1) is 0 Å². The fourth-order valence-electron chi connectivity index (χ4n) is 0.153. The van der Waals surface area contributed by atoms with Crippen LogP contribution in [-0.2, 0) is 9.09 Å². The lowest BCUT2D eigenvalue weighted by molar-refractivity contribution is 0.0630. The van der Waals surface area contributed by atoms with Crippen molar-refractivity contribution in [2.24, 2.45) is 0 Å². The van der Waals surface area contributed by atoms with Gasteiger partial charge in [-0.1, -0.05) is 0 Å². The lowest BCUT2D eigenvalue weighted by Gasteiger charge is -2.02. The summed E-state index contributed by atoms with van der Waals surface area (Å²) in [7, 11) is -4.70. The molecule has 0 amide bonds. The maximum absolute atomic E-state index is 11.1. The average molecular weight is 162 g/mol. The minimum atomic E-state index is -4.70. The highest BCUT2D eigenvalue weighted by atomic mass is 31.2. The molecule has 2 N–H and O–H groups in total. The van der Waals surface area contributed by atoms with Crippen molar-refractivity contribution >= 4 is 7.82 Å². The first-order valence-corrected chi connectivity index (χ1v) is 3.43. The van der Waals surface area contributed by atoms with E-state index in [4.69, 9.17) is 9.79 Å². The third kappa shape index (κ3) is 7.97. The first-order chi connectivity index (χ1) is 3.92. The Hall–Kier alpha value is -0.0300. The molecule has 0 unspecified atom stereocenters. The minimum Gasteiger partial charge on any atom is -0.303 e. The van der Waals surface area contributed by atoms with Gasteiger partial charge in [-0.2, -0.15) is 0 Å². The van der Waals surface area contributed by atoms with E-state index in [-0.39, 0.29) is 0 Å². The van der Waals surface area contributed by atoms with Crippen molar-refractivity contribution < 1.29 is 27.7 Å². The summed E-state index contributed by atoms with van der Waals surface area (Å²) in [6.07, 6.45) is -2.85. The molecule has 0 aromatic carbocycles. The van der Waals surface area contributed by atoms with Gasteiger partial charge < -0.3 is 9.79 Å². The van der Waals surface area contributed by atoms with Crippen molar-refractivity contribution in [3.05, 3.63) is 0 Å². The van der Waals surface area contributed by atoms with Crippen molar-refractivity contribution in [2.75, 3.05) is 6.61 Å². The molecule has 0 aliphatic rings. The molecule has 56 valence electrons. The third-order valence-electron chi connectivity index (χ3n) is 0.369. The number of phosphoric acid groups is 1. The molecule has 9 heavy (non-hydrogen) atoms. The maximum Gasteiger partial charge on any atom is 0.469 e. The van der Waals surface area contributed by atoms with Crippen LogP contribution in [0.25, 0.3) is 0 Å². The zero-order valence-corrected chi connectivity index (χ0v) is 5.09. The Kier molecular flexibility index (Phi) is 3.21. The number of hydrogen-bond donors (Lipinski definition) is 2. The fraction of sp³-hybridized carbons (Fsp3) is 1.00. The number of rotatable bonds is 3. The topological polar surface area (TPSA) is 66.8 Å². The summed E-state index contributed by atoms with van der Waals surface area (Å²) in [6, 6.07) is 0. The SMILES string of the molecule is O=P(O)(O)OCC(F)F. The highest BCUT2D eigenvalue weighted by Gasteiger charge is 2.16. The summed E-state index contributed by atoms with van der Waals surface area (Å²) in [5.41, 5.74) is 0. The third-order valence-corrected chi connectivity index (χ3v) is 0.854. The van der Waals surface area contributed by atoms with Gasteiger partial charge in [-0.05, 0) is 0 Å². The highest BCUT2D eigenvalue weighted by Crippen LogP contribution is 2.35. The summed E-state index contributed by atoms with van der Waals surface area (Å²) >= 11 is 0. The van der Waals surface area contributed by atoms with Crippen LogP contribution >= 0.6 is 7.82 Å². The summed E-state index contributed by atoms with van der Waals surface area (Å²) in [5, 5.41) is 0. The Morgan fingerprint density at radius 2 is 2.00 bits per heavy atom. The van der Waals surface area contributed by atoms with E-state index in [0.29, 0.717) is 0 Å². The highest BCUT2D eigenvalue weighted by molar-refractivity contribution is 7.46. The molecule has 0 aliphatic carbocycles. The molecule has 0 rings (SSSR count). The van der Waals surface area contributed by atoms with E-state index in [9.17, 15) is 13.3 Å². The van der Waals surface area contributed by atoms with Crippen LogP contribution < -0.4 is 0 Å². The molecule has 4 nitrogen and oxygen atoms in total. The number of halogens is 2. The standard InChI is InChI=1S/C2H5F2O4P/c3-2(4)1-8-9(5,6)7/h2H,1H2,(H2,5,6,7). The van der Waals surface area contributed by atoms with Gasteiger partial charge in [0.05, 0.1) is 0 Å². The molecule has 0 saturated carbocycles. The fourth-order valence-corrected chi connectivity index (χ4v) is 0.460. The first kappa shape index (κ1) is 8.97. The van der Waals surface area contributed by atoms with Crippen LogP contribution in [0.4, 0.5) is 8.78 Å². The molecule has 0 spiro atoms. The molecular weight excluding hydrogens is 157 g/mol. The summed E-state index contributed by atoms with van der Waals surface area (Å²) in [6.45, 7) is -1.23. The van der Waals surface area contributed by atoms with E-state index in [1.165, 1.54) is 0 Å². The van der Waals surface area contributed by atoms with Gasteiger partial charge in [-0.15, -0.1) is 0 Å². The molecule has 0 saturated heterocycles. The molecule has 0 aromatic rings. The second-order valence-corrected chi connectivity index (χ2v) is 2.42. The molecule has 0 bridgehead atoms. The van der Waals surface area contributed by atoms with Gasteiger partial charge in [0.1, 0.15) is 6.61 Å². The van der Waals surface area contributed by atoms with Crippen molar-refractivity contribution in [3.8, 4) is 0 Å². The Bertz CT molecular complexity index is 120. The van der Waals surface area contributed by atoms with Gasteiger partial charge >= 0.3 is 7.82 Å². The van der Waals surface area contributed by atoms with Crippen molar-refractivity contribution in [1.29, 1.82) is 0 Å². The molecule has 0 aromatic heterocycles. The second-order valence-electron chi connectivity index (χ2n) is 1.18. The number of phosphoric ester groups is 1. The van der Waals surface area contributed by atoms with E-state index in [1.807, 2.05) is 0 Å². The summed E-state index contributed by atoms with van der Waals surface area (Å²) in [5.74, 6) is 0. The number of alkyl halides is 2. The number of hydrogen-bond acceptors (Lipinski definition) is 2. The molecule has 0 radical (unpaired) electrons. The normalized spacial score (nSPS) is 12.6. The quantitative estimate of drug-likeness (QED) is 0.588.